The molecule has 0 fully saturated rings. The molecule has 0 aliphatic carbocycles. The van der Waals surface area contributed by atoms with Crippen molar-refractivity contribution in [2.75, 3.05) is 46.6 Å². The summed E-state index contributed by atoms with van der Waals surface area (Å²) < 4.78 is 15.9. The SMILES string of the molecule is COCCNC(N)=NCCCOCCOCc1ccccc1.I. The molecule has 1 rings (SSSR count). The molecule has 0 saturated carbocycles. The molecule has 0 aromatic heterocycles. The van der Waals surface area contributed by atoms with E-state index in [1.807, 2.05) is 30.3 Å². The number of hydrogen-bond donors (Lipinski definition) is 2. The van der Waals surface area contributed by atoms with Gasteiger partial charge in [0.25, 0.3) is 0 Å². The lowest BCUT2D eigenvalue weighted by molar-refractivity contribution is 0.0403. The molecule has 0 aliphatic rings. The van der Waals surface area contributed by atoms with Crippen LogP contribution in [0.15, 0.2) is 35.3 Å². The molecule has 0 bridgehead atoms. The monoisotopic (exact) mass is 437 g/mol. The van der Waals surface area contributed by atoms with Gasteiger partial charge in [-0.3, -0.25) is 4.99 Å². The summed E-state index contributed by atoms with van der Waals surface area (Å²) in [6.45, 7) is 4.40. The van der Waals surface area contributed by atoms with E-state index >= 15 is 0 Å². The van der Waals surface area contributed by atoms with E-state index in [2.05, 4.69) is 10.3 Å². The van der Waals surface area contributed by atoms with E-state index in [0.717, 1.165) is 6.42 Å². The van der Waals surface area contributed by atoms with Crippen molar-refractivity contribution in [1.82, 2.24) is 5.32 Å². The molecule has 23 heavy (non-hydrogen) atoms. The third-order valence-electron chi connectivity index (χ3n) is 2.82. The maximum atomic E-state index is 5.67. The van der Waals surface area contributed by atoms with Crippen molar-refractivity contribution in [3.05, 3.63) is 35.9 Å². The Hall–Kier alpha value is -0.900. The first-order valence-corrected chi connectivity index (χ1v) is 7.55. The van der Waals surface area contributed by atoms with Crippen LogP contribution >= 0.6 is 24.0 Å². The average molecular weight is 437 g/mol. The van der Waals surface area contributed by atoms with Crippen molar-refractivity contribution < 1.29 is 14.2 Å². The van der Waals surface area contributed by atoms with Gasteiger partial charge in [-0.2, -0.15) is 0 Å². The fourth-order valence-electron chi connectivity index (χ4n) is 1.69. The Kier molecular flexibility index (Phi) is 15.4. The molecule has 0 atom stereocenters. The van der Waals surface area contributed by atoms with Crippen LogP contribution in [-0.4, -0.2) is 52.6 Å². The number of nitrogens with one attached hydrogen (secondary N) is 1. The predicted octanol–water partition coefficient (Wildman–Crippen LogP) is 1.78. The van der Waals surface area contributed by atoms with Gasteiger partial charge in [0.1, 0.15) is 0 Å². The Morgan fingerprint density at radius 3 is 2.57 bits per heavy atom. The van der Waals surface area contributed by atoms with E-state index in [1.54, 1.807) is 7.11 Å². The van der Waals surface area contributed by atoms with E-state index in [4.69, 9.17) is 19.9 Å². The minimum Gasteiger partial charge on any atom is -0.383 e. The van der Waals surface area contributed by atoms with Gasteiger partial charge < -0.3 is 25.3 Å². The summed E-state index contributed by atoms with van der Waals surface area (Å²) in [5, 5.41) is 2.96. The molecular weight excluding hydrogens is 409 g/mol. The molecule has 0 heterocycles. The molecule has 0 aliphatic heterocycles. The van der Waals surface area contributed by atoms with Gasteiger partial charge in [0.15, 0.2) is 5.96 Å². The lowest BCUT2D eigenvalue weighted by Gasteiger charge is -2.06. The average Bonchev–Trinajstić information content (AvgIpc) is 2.54. The molecule has 0 unspecified atom stereocenters. The maximum absolute atomic E-state index is 5.67. The number of aliphatic imine (C=N–C) groups is 1. The van der Waals surface area contributed by atoms with Crippen LogP contribution in [-0.2, 0) is 20.8 Å². The van der Waals surface area contributed by atoms with Gasteiger partial charge in [-0.1, -0.05) is 30.3 Å². The first-order valence-electron chi connectivity index (χ1n) is 7.55. The Morgan fingerprint density at radius 1 is 1.09 bits per heavy atom. The van der Waals surface area contributed by atoms with Gasteiger partial charge >= 0.3 is 0 Å². The van der Waals surface area contributed by atoms with Crippen LogP contribution in [0.3, 0.4) is 0 Å². The number of nitrogens with two attached hydrogens (primary N) is 1. The summed E-state index contributed by atoms with van der Waals surface area (Å²) in [4.78, 5) is 4.19. The van der Waals surface area contributed by atoms with Crippen molar-refractivity contribution in [3.63, 3.8) is 0 Å². The minimum atomic E-state index is 0. The fourth-order valence-corrected chi connectivity index (χ4v) is 1.69. The number of benzene rings is 1. The zero-order valence-electron chi connectivity index (χ0n) is 13.7. The Labute approximate surface area is 155 Å². The highest BCUT2D eigenvalue weighted by Gasteiger charge is 1.94. The molecule has 0 spiro atoms. The maximum Gasteiger partial charge on any atom is 0.188 e. The second-order valence-corrected chi connectivity index (χ2v) is 4.69. The lowest BCUT2D eigenvalue weighted by Crippen LogP contribution is -2.34. The smallest absolute Gasteiger partial charge is 0.188 e. The summed E-state index contributed by atoms with van der Waals surface area (Å²) in [6.07, 6.45) is 0.839. The number of rotatable bonds is 12. The standard InChI is InChI=1S/C16H27N3O3.HI/c1-20-11-9-19-16(17)18-8-5-10-21-12-13-22-14-15-6-3-2-4-7-15;/h2-4,6-7H,5,8-14H2,1H3,(H3,17,18,19);1H. The van der Waals surface area contributed by atoms with Crippen molar-refractivity contribution in [1.29, 1.82) is 0 Å². The van der Waals surface area contributed by atoms with Crippen LogP contribution in [0.4, 0.5) is 0 Å². The number of guanidine groups is 1. The topological polar surface area (TPSA) is 78.1 Å². The zero-order chi connectivity index (χ0) is 15.9. The first kappa shape index (κ1) is 22.1. The van der Waals surface area contributed by atoms with Crippen molar-refractivity contribution >= 4 is 29.9 Å². The second kappa shape index (κ2) is 16.0. The Bertz CT molecular complexity index is 405. The summed E-state index contributed by atoms with van der Waals surface area (Å²) in [5.74, 6) is 0.447. The molecule has 1 aromatic carbocycles. The number of methoxy groups -OCH3 is 1. The van der Waals surface area contributed by atoms with E-state index in [-0.39, 0.29) is 24.0 Å². The Morgan fingerprint density at radius 2 is 1.83 bits per heavy atom. The van der Waals surface area contributed by atoms with Crippen molar-refractivity contribution in [2.45, 2.75) is 13.0 Å². The van der Waals surface area contributed by atoms with Gasteiger partial charge in [0, 0.05) is 26.8 Å². The van der Waals surface area contributed by atoms with Crippen LogP contribution in [0.1, 0.15) is 12.0 Å². The highest BCUT2D eigenvalue weighted by molar-refractivity contribution is 14.0. The van der Waals surface area contributed by atoms with Gasteiger partial charge in [-0.15, -0.1) is 24.0 Å². The van der Waals surface area contributed by atoms with E-state index in [9.17, 15) is 0 Å². The molecule has 0 amide bonds. The largest absolute Gasteiger partial charge is 0.383 e. The van der Waals surface area contributed by atoms with E-state index in [0.29, 0.717) is 52.1 Å². The normalized spacial score (nSPS) is 11.1. The third kappa shape index (κ3) is 13.3. The van der Waals surface area contributed by atoms with Crippen molar-refractivity contribution in [3.8, 4) is 0 Å². The van der Waals surface area contributed by atoms with E-state index in [1.165, 1.54) is 5.56 Å². The molecule has 6 nitrogen and oxygen atoms in total. The minimum absolute atomic E-state index is 0. The van der Waals surface area contributed by atoms with Crippen molar-refractivity contribution in [2.24, 2.45) is 10.7 Å². The summed E-state index contributed by atoms with van der Waals surface area (Å²) in [7, 11) is 1.65. The van der Waals surface area contributed by atoms with Gasteiger partial charge in [-0.05, 0) is 12.0 Å². The fraction of sp³-hybridized carbons (Fsp3) is 0.562. The first-order chi connectivity index (χ1) is 10.8. The van der Waals surface area contributed by atoms with Crippen LogP contribution in [0.25, 0.3) is 0 Å². The van der Waals surface area contributed by atoms with Gasteiger partial charge in [-0.25, -0.2) is 0 Å². The second-order valence-electron chi connectivity index (χ2n) is 4.69. The molecule has 0 saturated heterocycles. The lowest BCUT2D eigenvalue weighted by atomic mass is 10.2. The number of nitrogens with zero attached hydrogens (tertiary/aromatic N) is 1. The van der Waals surface area contributed by atoms with Crippen LogP contribution in [0.2, 0.25) is 0 Å². The van der Waals surface area contributed by atoms with Crippen LogP contribution in [0.5, 0.6) is 0 Å². The summed E-state index contributed by atoms with van der Waals surface area (Å²) >= 11 is 0. The third-order valence-corrected chi connectivity index (χ3v) is 2.82. The van der Waals surface area contributed by atoms with Gasteiger partial charge in [0.2, 0.25) is 0 Å². The molecular formula is C16H28IN3O3. The molecule has 7 heteroatoms. The molecule has 132 valence electrons. The molecule has 0 radical (unpaired) electrons. The highest BCUT2D eigenvalue weighted by atomic mass is 127. The highest BCUT2D eigenvalue weighted by Crippen LogP contribution is 2.00. The van der Waals surface area contributed by atoms with Crippen LogP contribution in [0, 0.1) is 0 Å². The summed E-state index contributed by atoms with van der Waals surface area (Å²) in [6, 6.07) is 10.1. The molecule has 1 aromatic rings. The predicted molar refractivity (Wildman–Crippen MR) is 103 cm³/mol. The van der Waals surface area contributed by atoms with E-state index < -0.39 is 0 Å². The zero-order valence-corrected chi connectivity index (χ0v) is 16.0. The number of halogens is 1. The number of ether oxygens (including phenoxy) is 3. The quantitative estimate of drug-likeness (QED) is 0.226. The van der Waals surface area contributed by atoms with Crippen LogP contribution < -0.4 is 11.1 Å². The molecule has 3 N–H and O–H groups in total. The summed E-state index contributed by atoms with van der Waals surface area (Å²) in [5.41, 5.74) is 6.85. The number of hydrogen-bond acceptors (Lipinski definition) is 4. The Balaban J connectivity index is 0.00000484. The van der Waals surface area contributed by atoms with Gasteiger partial charge in [0.05, 0.1) is 26.4 Å².